The van der Waals surface area contributed by atoms with Gasteiger partial charge in [-0.1, -0.05) is 41.4 Å². The van der Waals surface area contributed by atoms with Gasteiger partial charge in [0.1, 0.15) is 0 Å². The summed E-state index contributed by atoms with van der Waals surface area (Å²) in [5, 5.41) is 1.51. The summed E-state index contributed by atoms with van der Waals surface area (Å²) >= 11 is 13.7. The minimum absolute atomic E-state index is 0.171. The summed E-state index contributed by atoms with van der Waals surface area (Å²) in [4.78, 5) is 23.4. The zero-order valence-corrected chi connectivity index (χ0v) is 15.4. The monoisotopic (exact) mass is 389 g/mol. The number of pyridine rings is 1. The third-order valence-corrected chi connectivity index (χ3v) is 5.00. The zero-order chi connectivity index (χ0) is 17.8. The molecule has 1 saturated heterocycles. The van der Waals surface area contributed by atoms with Crippen LogP contribution in [0.1, 0.15) is 5.56 Å². The van der Waals surface area contributed by atoms with E-state index in [9.17, 15) is 4.79 Å². The number of amides is 1. The molecular weight excluding hydrogens is 377 g/mol. The summed E-state index contributed by atoms with van der Waals surface area (Å²) in [6.45, 7) is 4.05. The number of nitrogens with zero attached hydrogens (tertiary/aromatic N) is 3. The molecule has 1 amide bonds. The Hall–Kier alpha value is -2.08. The first-order valence-electron chi connectivity index (χ1n) is 7.36. The summed E-state index contributed by atoms with van der Waals surface area (Å²) in [6, 6.07) is 10.6. The average molecular weight is 390 g/mol. The molecule has 1 fully saturated rings. The molecule has 0 N–H and O–H groups in total. The Bertz CT molecular complexity index is 861. The van der Waals surface area contributed by atoms with Gasteiger partial charge in [-0.2, -0.15) is 0 Å². The lowest BCUT2D eigenvalue weighted by Gasteiger charge is -2.12. The van der Waals surface area contributed by atoms with Gasteiger partial charge in [-0.3, -0.25) is 9.69 Å². The van der Waals surface area contributed by atoms with Crippen molar-refractivity contribution < 1.29 is 4.79 Å². The second-order valence-corrected chi connectivity index (χ2v) is 6.86. The Labute approximate surface area is 159 Å². The lowest BCUT2D eigenvalue weighted by Crippen LogP contribution is -2.29. The van der Waals surface area contributed by atoms with Gasteiger partial charge in [-0.25, -0.2) is 9.98 Å². The van der Waals surface area contributed by atoms with E-state index in [0.717, 1.165) is 0 Å². The fourth-order valence-electron chi connectivity index (χ4n) is 2.18. The van der Waals surface area contributed by atoms with E-state index in [4.69, 9.17) is 23.2 Å². The average Bonchev–Trinajstić information content (AvgIpc) is 2.88. The molecule has 25 heavy (non-hydrogen) atoms. The van der Waals surface area contributed by atoms with Crippen molar-refractivity contribution in [3.63, 3.8) is 0 Å². The lowest BCUT2D eigenvalue weighted by atomic mass is 10.2. The fourth-order valence-corrected chi connectivity index (χ4v) is 3.66. The van der Waals surface area contributed by atoms with Gasteiger partial charge in [-0.15, -0.1) is 6.58 Å². The third kappa shape index (κ3) is 3.95. The smallest absolute Gasteiger partial charge is 0.267 e. The van der Waals surface area contributed by atoms with E-state index < -0.39 is 0 Å². The second-order valence-electron chi connectivity index (χ2n) is 5.03. The van der Waals surface area contributed by atoms with Crippen LogP contribution >= 0.6 is 35.0 Å². The third-order valence-electron chi connectivity index (χ3n) is 3.33. The number of carbonyl (C=O) groups is 1. The van der Waals surface area contributed by atoms with Gasteiger partial charge in [0.15, 0.2) is 11.0 Å². The van der Waals surface area contributed by atoms with Crippen LogP contribution in [-0.4, -0.2) is 27.5 Å². The molecule has 0 unspecified atom stereocenters. The quantitative estimate of drug-likeness (QED) is 0.534. The fraction of sp³-hybridized carbons (Fsp3) is 0.0556. The largest absolute Gasteiger partial charge is 0.282 e. The number of aliphatic imine (C=N–C) groups is 1. The van der Waals surface area contributed by atoms with Crippen LogP contribution in [0.25, 0.3) is 6.08 Å². The minimum atomic E-state index is -0.171. The SMILES string of the molecule is C=CCN1C(=O)/C(=C/c2c(Cl)cccc2Cl)S/C1=N/c1ccccn1. The molecule has 0 aliphatic carbocycles. The van der Waals surface area contributed by atoms with Crippen molar-refractivity contribution in [1.29, 1.82) is 0 Å². The molecule has 1 aromatic heterocycles. The molecule has 2 heterocycles. The highest BCUT2D eigenvalue weighted by Gasteiger charge is 2.33. The molecule has 0 bridgehead atoms. The Kier molecular flexibility index (Phi) is 5.58. The molecular formula is C18H13Cl2N3OS. The van der Waals surface area contributed by atoms with Crippen LogP contribution in [0.15, 0.2) is 65.1 Å². The molecule has 0 radical (unpaired) electrons. The predicted molar refractivity (Wildman–Crippen MR) is 105 cm³/mol. The standard InChI is InChI=1S/C18H13Cl2N3OS/c1-2-10-23-17(24)15(11-12-13(19)6-5-7-14(12)20)25-18(23)22-16-8-3-4-9-21-16/h2-9,11H,1,10H2/b15-11-,22-18+. The topological polar surface area (TPSA) is 45.6 Å². The summed E-state index contributed by atoms with van der Waals surface area (Å²) < 4.78 is 0. The van der Waals surface area contributed by atoms with Gasteiger partial charge < -0.3 is 0 Å². The van der Waals surface area contributed by atoms with Crippen LogP contribution in [0.2, 0.25) is 10.0 Å². The molecule has 3 rings (SSSR count). The first-order chi connectivity index (χ1) is 12.1. The van der Waals surface area contributed by atoms with Crippen molar-refractivity contribution in [2.75, 3.05) is 6.54 Å². The van der Waals surface area contributed by atoms with E-state index in [1.165, 1.54) is 11.8 Å². The molecule has 1 aliphatic heterocycles. The highest BCUT2D eigenvalue weighted by molar-refractivity contribution is 8.18. The summed E-state index contributed by atoms with van der Waals surface area (Å²) in [6.07, 6.45) is 4.99. The van der Waals surface area contributed by atoms with Crippen LogP contribution < -0.4 is 0 Å². The molecule has 1 aliphatic rings. The van der Waals surface area contributed by atoms with Crippen molar-refractivity contribution in [3.8, 4) is 0 Å². The van der Waals surface area contributed by atoms with Gasteiger partial charge in [-0.05, 0) is 42.1 Å². The second kappa shape index (κ2) is 7.87. The van der Waals surface area contributed by atoms with Gasteiger partial charge in [0.25, 0.3) is 5.91 Å². The highest BCUT2D eigenvalue weighted by atomic mass is 35.5. The van der Waals surface area contributed by atoms with Crippen LogP contribution in [0.3, 0.4) is 0 Å². The Morgan fingerprint density at radius 2 is 1.96 bits per heavy atom. The summed E-state index contributed by atoms with van der Waals surface area (Å²) in [5.41, 5.74) is 0.610. The molecule has 0 atom stereocenters. The maximum atomic E-state index is 12.7. The van der Waals surface area contributed by atoms with Gasteiger partial charge in [0, 0.05) is 28.4 Å². The number of benzene rings is 1. The van der Waals surface area contributed by atoms with E-state index in [-0.39, 0.29) is 5.91 Å². The molecule has 126 valence electrons. The zero-order valence-electron chi connectivity index (χ0n) is 13.0. The predicted octanol–water partition coefficient (Wildman–Crippen LogP) is 5.18. The molecule has 7 heteroatoms. The van der Waals surface area contributed by atoms with Crippen LogP contribution in [0.4, 0.5) is 5.82 Å². The number of hydrogen-bond acceptors (Lipinski definition) is 4. The van der Waals surface area contributed by atoms with Gasteiger partial charge >= 0.3 is 0 Å². The van der Waals surface area contributed by atoms with Crippen molar-refractivity contribution in [2.45, 2.75) is 0 Å². The molecule has 0 spiro atoms. The Morgan fingerprint density at radius 1 is 1.20 bits per heavy atom. The number of amidine groups is 1. The minimum Gasteiger partial charge on any atom is -0.282 e. The molecule has 0 saturated carbocycles. The Morgan fingerprint density at radius 3 is 2.60 bits per heavy atom. The van der Waals surface area contributed by atoms with Crippen LogP contribution in [-0.2, 0) is 4.79 Å². The van der Waals surface area contributed by atoms with Gasteiger partial charge in [0.2, 0.25) is 0 Å². The maximum absolute atomic E-state index is 12.7. The van der Waals surface area contributed by atoms with Gasteiger partial charge in [0.05, 0.1) is 4.91 Å². The number of halogens is 2. The van der Waals surface area contributed by atoms with E-state index in [2.05, 4.69) is 16.6 Å². The Balaban J connectivity index is 2.00. The molecule has 4 nitrogen and oxygen atoms in total. The number of aromatic nitrogens is 1. The van der Waals surface area contributed by atoms with Crippen LogP contribution in [0, 0.1) is 0 Å². The number of carbonyl (C=O) groups excluding carboxylic acids is 1. The van der Waals surface area contributed by atoms with Crippen LogP contribution in [0.5, 0.6) is 0 Å². The maximum Gasteiger partial charge on any atom is 0.267 e. The summed E-state index contributed by atoms with van der Waals surface area (Å²) in [5.74, 6) is 0.361. The normalized spacial score (nSPS) is 17.5. The first kappa shape index (κ1) is 17.7. The number of rotatable bonds is 4. The number of hydrogen-bond donors (Lipinski definition) is 0. The van der Waals surface area contributed by atoms with Crippen molar-refractivity contribution in [1.82, 2.24) is 9.88 Å². The van der Waals surface area contributed by atoms with Crippen molar-refractivity contribution in [2.24, 2.45) is 4.99 Å². The van der Waals surface area contributed by atoms with E-state index in [1.807, 2.05) is 12.1 Å². The highest BCUT2D eigenvalue weighted by Crippen LogP contribution is 2.36. The van der Waals surface area contributed by atoms with E-state index in [0.29, 0.717) is 38.0 Å². The molecule has 2 aromatic rings. The van der Waals surface area contributed by atoms with E-state index in [1.54, 1.807) is 47.5 Å². The lowest BCUT2D eigenvalue weighted by molar-refractivity contribution is -0.121. The summed E-state index contributed by atoms with van der Waals surface area (Å²) in [7, 11) is 0. The van der Waals surface area contributed by atoms with Crippen molar-refractivity contribution in [3.05, 3.63) is 75.8 Å². The van der Waals surface area contributed by atoms with Crippen molar-refractivity contribution >= 4 is 57.9 Å². The first-order valence-corrected chi connectivity index (χ1v) is 8.93. The number of thioether (sulfide) groups is 1. The van der Waals surface area contributed by atoms with E-state index >= 15 is 0 Å². The molecule has 1 aromatic carbocycles.